The maximum absolute atomic E-state index is 12.2. The van der Waals surface area contributed by atoms with Crippen LogP contribution in [0.1, 0.15) is 13.3 Å². The van der Waals surface area contributed by atoms with Gasteiger partial charge in [-0.1, -0.05) is 12.2 Å². The fourth-order valence-corrected chi connectivity index (χ4v) is 3.46. The third-order valence-corrected chi connectivity index (χ3v) is 4.15. The normalized spacial score (nSPS) is 36.4. The van der Waals surface area contributed by atoms with Crippen molar-refractivity contribution in [1.29, 1.82) is 0 Å². The average molecular weight is 249 g/mol. The van der Waals surface area contributed by atoms with Gasteiger partial charge in [0.25, 0.3) is 0 Å². The monoisotopic (exact) mass is 249 g/mol. The molecule has 2 fully saturated rings. The first kappa shape index (κ1) is 11.4. The van der Waals surface area contributed by atoms with Crippen molar-refractivity contribution in [3.8, 4) is 0 Å². The second-order valence-corrected chi connectivity index (χ2v) is 5.07. The van der Waals surface area contributed by atoms with E-state index in [9.17, 15) is 14.4 Å². The van der Waals surface area contributed by atoms with E-state index < -0.39 is 5.97 Å². The fourth-order valence-electron chi connectivity index (χ4n) is 3.46. The van der Waals surface area contributed by atoms with Crippen molar-refractivity contribution in [2.45, 2.75) is 13.3 Å². The van der Waals surface area contributed by atoms with Gasteiger partial charge < -0.3 is 4.74 Å². The molecule has 0 aromatic heterocycles. The van der Waals surface area contributed by atoms with E-state index >= 15 is 0 Å². The predicted octanol–water partition coefficient (Wildman–Crippen LogP) is 0.357. The Morgan fingerprint density at radius 2 is 1.83 bits per heavy atom. The number of ether oxygens (including phenoxy) is 1. The number of fused-ring (bicyclic) bond motifs is 5. The minimum absolute atomic E-state index is 0.184. The van der Waals surface area contributed by atoms with Crippen LogP contribution < -0.4 is 0 Å². The molecule has 4 unspecified atom stereocenters. The Bertz CT molecular complexity index is 426. The highest BCUT2D eigenvalue weighted by Crippen LogP contribution is 2.52. The zero-order valence-corrected chi connectivity index (χ0v) is 10.2. The Balaban J connectivity index is 1.78. The van der Waals surface area contributed by atoms with Gasteiger partial charge >= 0.3 is 5.97 Å². The molecule has 0 N–H and O–H groups in total. The Kier molecular flexibility index (Phi) is 2.50. The summed E-state index contributed by atoms with van der Waals surface area (Å²) in [6.45, 7) is 1.72. The number of imide groups is 1. The van der Waals surface area contributed by atoms with Crippen molar-refractivity contribution in [2.24, 2.45) is 23.7 Å². The quantitative estimate of drug-likeness (QED) is 0.411. The predicted molar refractivity (Wildman–Crippen MR) is 61.1 cm³/mol. The smallest absolute Gasteiger partial charge is 0.326 e. The van der Waals surface area contributed by atoms with E-state index in [1.807, 2.05) is 12.2 Å². The number of likely N-dealkylation sites (tertiary alicyclic amines) is 1. The summed E-state index contributed by atoms with van der Waals surface area (Å²) in [6, 6.07) is 0. The van der Waals surface area contributed by atoms with Crippen LogP contribution in [0.25, 0.3) is 0 Å². The molecule has 0 radical (unpaired) electrons. The maximum Gasteiger partial charge on any atom is 0.326 e. The van der Waals surface area contributed by atoms with E-state index in [-0.39, 0.29) is 48.6 Å². The highest BCUT2D eigenvalue weighted by atomic mass is 16.5. The highest BCUT2D eigenvalue weighted by Gasteiger charge is 2.59. The van der Waals surface area contributed by atoms with Gasteiger partial charge in [-0.05, 0) is 25.2 Å². The number of allylic oxidation sites excluding steroid dienone is 2. The third kappa shape index (κ3) is 1.43. The summed E-state index contributed by atoms with van der Waals surface area (Å²) in [7, 11) is 0. The van der Waals surface area contributed by atoms with Crippen molar-refractivity contribution in [1.82, 2.24) is 4.90 Å². The lowest BCUT2D eigenvalue weighted by atomic mass is 9.85. The van der Waals surface area contributed by atoms with Gasteiger partial charge in [0.15, 0.2) is 0 Å². The molecule has 1 saturated heterocycles. The van der Waals surface area contributed by atoms with Crippen LogP contribution in [0.4, 0.5) is 0 Å². The van der Waals surface area contributed by atoms with E-state index in [1.54, 1.807) is 6.92 Å². The molecule has 1 saturated carbocycles. The van der Waals surface area contributed by atoms with Crippen LogP contribution in [-0.2, 0) is 19.1 Å². The summed E-state index contributed by atoms with van der Waals surface area (Å²) in [4.78, 5) is 36.9. The number of carbonyl (C=O) groups excluding carboxylic acids is 3. The summed E-state index contributed by atoms with van der Waals surface area (Å²) in [5.41, 5.74) is 0. The zero-order chi connectivity index (χ0) is 12.9. The van der Waals surface area contributed by atoms with Crippen molar-refractivity contribution in [2.75, 3.05) is 13.2 Å². The Morgan fingerprint density at radius 3 is 2.33 bits per heavy atom. The van der Waals surface area contributed by atoms with Gasteiger partial charge in [0, 0.05) is 0 Å². The van der Waals surface area contributed by atoms with E-state index in [4.69, 9.17) is 4.74 Å². The van der Waals surface area contributed by atoms with Gasteiger partial charge in [0.2, 0.25) is 11.8 Å². The van der Waals surface area contributed by atoms with E-state index in [1.165, 1.54) is 0 Å². The first-order valence-corrected chi connectivity index (χ1v) is 6.32. The van der Waals surface area contributed by atoms with Gasteiger partial charge in [-0.2, -0.15) is 0 Å². The Hall–Kier alpha value is -1.65. The van der Waals surface area contributed by atoms with Crippen LogP contribution in [0.3, 0.4) is 0 Å². The molecule has 1 heterocycles. The summed E-state index contributed by atoms with van der Waals surface area (Å²) in [5, 5.41) is 0. The SMILES string of the molecule is CCOC(=O)CN1C(=O)C2C3C=CC(C3)C2C1=O. The lowest BCUT2D eigenvalue weighted by Gasteiger charge is -2.15. The van der Waals surface area contributed by atoms with Crippen molar-refractivity contribution >= 4 is 17.8 Å². The molecule has 2 bridgehead atoms. The van der Waals surface area contributed by atoms with E-state index in [2.05, 4.69) is 0 Å². The second kappa shape index (κ2) is 3.93. The molecule has 1 aliphatic heterocycles. The summed E-state index contributed by atoms with van der Waals surface area (Å²) < 4.78 is 4.79. The first-order valence-electron chi connectivity index (χ1n) is 6.32. The second-order valence-electron chi connectivity index (χ2n) is 5.07. The van der Waals surface area contributed by atoms with Gasteiger partial charge in [0.1, 0.15) is 6.54 Å². The van der Waals surface area contributed by atoms with E-state index in [0.29, 0.717) is 0 Å². The number of rotatable bonds is 3. The van der Waals surface area contributed by atoms with Crippen LogP contribution in [0.2, 0.25) is 0 Å². The molecule has 5 heteroatoms. The molecular formula is C13H15NO4. The molecular weight excluding hydrogens is 234 g/mol. The van der Waals surface area contributed by atoms with Crippen molar-refractivity contribution < 1.29 is 19.1 Å². The van der Waals surface area contributed by atoms with Crippen LogP contribution >= 0.6 is 0 Å². The van der Waals surface area contributed by atoms with Crippen LogP contribution in [0, 0.1) is 23.7 Å². The highest BCUT2D eigenvalue weighted by molar-refractivity contribution is 6.08. The molecule has 5 nitrogen and oxygen atoms in total. The van der Waals surface area contributed by atoms with Gasteiger partial charge in [0.05, 0.1) is 18.4 Å². The Labute approximate surface area is 105 Å². The topological polar surface area (TPSA) is 63.7 Å². The lowest BCUT2D eigenvalue weighted by Crippen LogP contribution is -2.37. The van der Waals surface area contributed by atoms with Crippen LogP contribution in [-0.4, -0.2) is 35.8 Å². The minimum atomic E-state index is -0.514. The number of carbonyl (C=O) groups is 3. The maximum atomic E-state index is 12.2. The lowest BCUT2D eigenvalue weighted by molar-refractivity contribution is -0.153. The summed E-state index contributed by atoms with van der Waals surface area (Å²) in [5.74, 6) is -1.01. The van der Waals surface area contributed by atoms with Crippen LogP contribution in [0.5, 0.6) is 0 Å². The number of esters is 1. The molecule has 18 heavy (non-hydrogen) atoms. The molecule has 2 aliphatic carbocycles. The molecule has 3 rings (SSSR count). The number of hydrogen-bond acceptors (Lipinski definition) is 4. The Morgan fingerprint density at radius 1 is 1.28 bits per heavy atom. The third-order valence-electron chi connectivity index (χ3n) is 4.15. The standard InChI is InChI=1S/C13H15NO4/c1-2-18-9(15)6-14-12(16)10-7-3-4-8(5-7)11(10)13(14)17/h3-4,7-8,10-11H,2,5-6H2,1H3. The molecule has 4 atom stereocenters. The minimum Gasteiger partial charge on any atom is -0.465 e. The number of nitrogens with zero attached hydrogens (tertiary/aromatic N) is 1. The van der Waals surface area contributed by atoms with Crippen LogP contribution in [0.15, 0.2) is 12.2 Å². The van der Waals surface area contributed by atoms with E-state index in [0.717, 1.165) is 11.3 Å². The average Bonchev–Trinajstić information content (AvgIpc) is 2.99. The molecule has 3 aliphatic rings. The summed E-state index contributed by atoms with van der Waals surface area (Å²) in [6.07, 6.45) is 4.97. The van der Waals surface area contributed by atoms with Crippen molar-refractivity contribution in [3.05, 3.63) is 12.2 Å². The molecule has 2 amide bonds. The zero-order valence-electron chi connectivity index (χ0n) is 10.2. The fraction of sp³-hybridized carbons (Fsp3) is 0.615. The first-order chi connectivity index (χ1) is 8.63. The molecule has 0 spiro atoms. The van der Waals surface area contributed by atoms with Crippen molar-refractivity contribution in [3.63, 3.8) is 0 Å². The van der Waals surface area contributed by atoms with Gasteiger partial charge in [-0.25, -0.2) is 0 Å². The number of amides is 2. The summed E-state index contributed by atoms with van der Waals surface area (Å²) >= 11 is 0. The van der Waals surface area contributed by atoms with Gasteiger partial charge in [-0.15, -0.1) is 0 Å². The molecule has 0 aromatic rings. The largest absolute Gasteiger partial charge is 0.465 e. The molecule has 0 aromatic carbocycles. The molecule has 96 valence electrons. The van der Waals surface area contributed by atoms with Gasteiger partial charge in [-0.3, -0.25) is 19.3 Å². The number of hydrogen-bond donors (Lipinski definition) is 0.